The number of hydrogen-bond donors (Lipinski definition) is 24. The number of halogens is 2. The number of likely N-dealkylation sites (tertiary alicyclic amines) is 3. The highest BCUT2D eigenvalue weighted by molar-refractivity contribution is 6.31. The SMILES string of the molecule is CCCC[C@H](NC(=O)[C@H](CCCCN)NC(=O)[C@H](CCCNC(=N)N)NC(=O)[C@H](CC(C)C)NC(=O)[C@H](CCCNC(=N)N)NC(=O)[C@H](Cc1c[nH]c2cc(Cl)ccc12)NC(=O)[C@@H]1CCCN1)C(=O)N1CCC[C@H]1C(=O)N[C@@H](CC(=O)O)C(=O)N[C@@H](CO)C(=O)N[C@@H](Cc1cccc(F)c1)C(=O)N[C@@H](Cc1ccccc1)C(=O)N[C@@H](CCCCN)C(=O)N1CCC[C@H]1C(=O)N1CCC[C@H]1C(=O)O. The third kappa shape index (κ3) is 34.2. The Morgan fingerprint density at radius 1 is 0.482 bits per heavy atom. The Balaban J connectivity index is 0.969. The van der Waals surface area contributed by atoms with Gasteiger partial charge in [0.2, 0.25) is 82.7 Å². The Hall–Kier alpha value is -12.7. The fraction of sp³-hybridized carbons (Fsp3) is 0.587. The van der Waals surface area contributed by atoms with Crippen LogP contribution in [0.1, 0.15) is 185 Å². The Morgan fingerprint density at radius 3 is 1.45 bits per heavy atom. The lowest BCUT2D eigenvalue weighted by Gasteiger charge is -2.33. The third-order valence-corrected chi connectivity index (χ3v) is 24.8. The summed E-state index contributed by atoms with van der Waals surface area (Å²) in [5, 5.41) is 85.4. The number of hydrogen-bond acceptors (Lipinski definition) is 22. The molecule has 15 atom stereocenters. The van der Waals surface area contributed by atoms with Crippen molar-refractivity contribution in [2.75, 3.05) is 59.0 Å². The van der Waals surface area contributed by atoms with E-state index in [2.05, 4.69) is 79.4 Å². The van der Waals surface area contributed by atoms with E-state index in [4.69, 9.17) is 45.4 Å². The number of fused-ring (bicyclic) bond motifs is 1. The van der Waals surface area contributed by atoms with E-state index in [1.165, 1.54) is 21.9 Å². The lowest BCUT2D eigenvalue weighted by atomic mass is 10.00. The molecule has 4 fully saturated rings. The Morgan fingerprint density at radius 2 is 0.934 bits per heavy atom. The zero-order chi connectivity index (χ0) is 100.0. The van der Waals surface area contributed by atoms with Gasteiger partial charge in [-0.3, -0.25) is 82.7 Å². The number of aliphatic carboxylic acids is 2. The average Bonchev–Trinajstić information content (AvgIpc) is 1.60. The third-order valence-electron chi connectivity index (χ3n) is 24.5. The van der Waals surface area contributed by atoms with Gasteiger partial charge in [0.05, 0.1) is 19.1 Å². The number of H-pyrrole nitrogens is 1. The van der Waals surface area contributed by atoms with Gasteiger partial charge in [-0.1, -0.05) is 93.7 Å². The number of aliphatic hydroxyl groups is 1. The standard InChI is InChI=1S/C92H136ClFN24O19/c1-4-5-24-63(108-78(124)60(25-9-11-35-95)105-77(123)61(28-15-38-102-91(97)98)106-80(126)66(43-52(2)3)110-79(125)62(29-16-39-103-92(99)100)107-83(129)69(113-76(122)59-27-14-37-101-59)47-55-50-104-65-48-56(93)33-34-58(55)65)87(133)116-40-17-30-72(116)86(132)114-70(49-75(120)121)84(130)115-71(51-119)85(131)112-68(46-54-22-13-23-57(94)44-54)82(128)111-67(45-53-20-7-6-8-21-53)81(127)109-64(26-10-12-36-96)88(134)117-41-18-31-73(117)89(135)118-42-19-32-74(118)90(136)137/h6-8,13,20-23,33-34,44,48,50,52,59-64,66-74,101,104,119H,4-5,9-12,14-19,24-32,35-43,45-47,49,51,95-96H2,1-3H3,(H,105,123)(H,106,126)(H,107,129)(H,108,124)(H,109,127)(H,110,125)(H,111,128)(H,112,131)(H,113,122)(H,114,132)(H,115,130)(H,120,121)(H,136,137)(H4,97,98,102)(H4,99,100,103)/t59-,60-,61-,62-,63-,64-,66-,67-,68-,69-,70-,71-,72-,73-,74-/m0/s1. The number of nitrogens with two attached hydrogens (primary N) is 4. The van der Waals surface area contributed by atoms with Crippen molar-refractivity contribution in [1.82, 2.24) is 94.1 Å². The molecule has 1 aromatic heterocycles. The van der Waals surface area contributed by atoms with Crippen molar-refractivity contribution < 1.29 is 96.4 Å². The van der Waals surface area contributed by atoms with Crippen LogP contribution in [-0.2, 0) is 96.0 Å². The van der Waals surface area contributed by atoms with Crippen molar-refractivity contribution >= 4 is 129 Å². The van der Waals surface area contributed by atoms with E-state index in [0.29, 0.717) is 79.6 Å². The van der Waals surface area contributed by atoms with Crippen LogP contribution < -0.4 is 97.4 Å². The highest BCUT2D eigenvalue weighted by atomic mass is 35.5. The molecule has 45 heteroatoms. The Labute approximate surface area is 799 Å². The number of rotatable bonds is 56. The van der Waals surface area contributed by atoms with E-state index in [-0.39, 0.29) is 160 Å². The number of nitrogens with one attached hydrogen (secondary N) is 17. The fourth-order valence-electron chi connectivity index (χ4n) is 17.3. The van der Waals surface area contributed by atoms with Gasteiger partial charge in [0.15, 0.2) is 11.9 Å². The summed E-state index contributed by atoms with van der Waals surface area (Å²) in [4.78, 5) is 237. The number of aliphatic hydroxyl groups excluding tert-OH is 1. The second-order valence-electron chi connectivity index (χ2n) is 35.5. The van der Waals surface area contributed by atoms with Crippen molar-refractivity contribution in [1.29, 1.82) is 10.8 Å². The first kappa shape index (κ1) is 110. The normalized spacial score (nSPS) is 18.1. The van der Waals surface area contributed by atoms with Gasteiger partial charge in [0, 0.05) is 74.1 Å². The van der Waals surface area contributed by atoms with Gasteiger partial charge in [-0.25, -0.2) is 9.18 Å². The van der Waals surface area contributed by atoms with Gasteiger partial charge in [-0.15, -0.1) is 0 Å². The van der Waals surface area contributed by atoms with Crippen LogP contribution in [0.4, 0.5) is 4.39 Å². The molecular weight excluding hydrogens is 1800 g/mol. The molecule has 43 nitrogen and oxygen atoms in total. The molecule has 0 aliphatic carbocycles. The lowest BCUT2D eigenvalue weighted by Crippen LogP contribution is -2.61. The molecule has 14 amide bonds. The minimum absolute atomic E-state index is 0.0240. The Bertz CT molecular complexity index is 4840. The fourth-order valence-corrected chi connectivity index (χ4v) is 17.5. The van der Waals surface area contributed by atoms with Crippen molar-refractivity contribution in [2.45, 2.75) is 278 Å². The van der Waals surface area contributed by atoms with E-state index in [0.717, 1.165) is 28.8 Å². The summed E-state index contributed by atoms with van der Waals surface area (Å²) in [6.45, 7) is 5.40. The van der Waals surface area contributed by atoms with Gasteiger partial charge < -0.3 is 132 Å². The summed E-state index contributed by atoms with van der Waals surface area (Å²) in [5.41, 5.74) is 25.0. The van der Waals surface area contributed by atoms with Crippen molar-refractivity contribution in [3.63, 3.8) is 0 Å². The molecule has 0 unspecified atom stereocenters. The van der Waals surface area contributed by atoms with E-state index < -0.39 is 216 Å². The molecule has 0 spiro atoms. The summed E-state index contributed by atoms with van der Waals surface area (Å²) in [7, 11) is 0. The number of amides is 14. The molecule has 0 bridgehead atoms. The molecule has 3 aromatic carbocycles. The van der Waals surface area contributed by atoms with Crippen LogP contribution in [0.15, 0.2) is 79.0 Å². The molecule has 4 aliphatic heterocycles. The van der Waals surface area contributed by atoms with Crippen LogP contribution in [0.25, 0.3) is 10.9 Å². The first-order valence-corrected chi connectivity index (χ1v) is 47.5. The summed E-state index contributed by atoms with van der Waals surface area (Å²) < 4.78 is 15.0. The van der Waals surface area contributed by atoms with Gasteiger partial charge in [-0.05, 0) is 195 Å². The average molecular weight is 1940 g/mol. The number of carboxylic acid groups (broad SMARTS) is 2. The van der Waals surface area contributed by atoms with Crippen LogP contribution in [-0.4, -0.2) is 291 Å². The molecule has 0 saturated carbocycles. The maximum absolute atomic E-state index is 15.1. The zero-order valence-corrected chi connectivity index (χ0v) is 78.5. The molecule has 752 valence electrons. The maximum Gasteiger partial charge on any atom is 0.326 e. The molecule has 137 heavy (non-hydrogen) atoms. The number of carbonyl (C=O) groups is 16. The number of aromatic nitrogens is 1. The van der Waals surface area contributed by atoms with E-state index in [1.807, 2.05) is 6.92 Å². The quantitative estimate of drug-likeness (QED) is 0.0138. The molecule has 4 aromatic rings. The molecule has 4 saturated heterocycles. The lowest BCUT2D eigenvalue weighted by molar-refractivity contribution is -0.152. The predicted octanol–water partition coefficient (Wildman–Crippen LogP) is -1.38. The monoisotopic (exact) mass is 1940 g/mol. The second kappa shape index (κ2) is 55.5. The number of nitrogens with zero attached hydrogens (tertiary/aromatic N) is 3. The van der Waals surface area contributed by atoms with E-state index >= 15 is 4.79 Å². The molecule has 8 rings (SSSR count). The summed E-state index contributed by atoms with van der Waals surface area (Å²) in [5.74, 6) is -16.9. The summed E-state index contributed by atoms with van der Waals surface area (Å²) >= 11 is 6.30. The van der Waals surface area contributed by atoms with Crippen LogP contribution in [0.3, 0.4) is 0 Å². The van der Waals surface area contributed by atoms with Crippen molar-refractivity contribution in [3.8, 4) is 0 Å². The van der Waals surface area contributed by atoms with Crippen LogP contribution in [0, 0.1) is 22.6 Å². The smallest absolute Gasteiger partial charge is 0.326 e. The minimum atomic E-state index is -2.04. The summed E-state index contributed by atoms with van der Waals surface area (Å²) in [6, 6.07) is -2.75. The number of guanidine groups is 2. The van der Waals surface area contributed by atoms with Crippen LogP contribution in [0.5, 0.6) is 0 Å². The van der Waals surface area contributed by atoms with Gasteiger partial charge in [0.1, 0.15) is 90.4 Å². The highest BCUT2D eigenvalue weighted by Crippen LogP contribution is 2.29. The molecule has 5 heterocycles. The van der Waals surface area contributed by atoms with E-state index in [1.54, 1.807) is 68.6 Å². The first-order chi connectivity index (χ1) is 65.5. The highest BCUT2D eigenvalue weighted by Gasteiger charge is 2.46. The largest absolute Gasteiger partial charge is 0.481 e. The van der Waals surface area contributed by atoms with Crippen LogP contribution in [0.2, 0.25) is 5.02 Å². The first-order valence-electron chi connectivity index (χ1n) is 47.2. The molecule has 28 N–H and O–H groups in total. The Kier molecular flexibility index (Phi) is 44.4. The van der Waals surface area contributed by atoms with Gasteiger partial charge in [0.25, 0.3) is 0 Å². The molecule has 4 aliphatic rings. The molecular formula is C92H136ClFN24O19. The number of carbonyl (C=O) groups excluding carboxylic acids is 14. The van der Waals surface area contributed by atoms with Gasteiger partial charge >= 0.3 is 11.9 Å². The van der Waals surface area contributed by atoms with Gasteiger partial charge in [-0.2, -0.15) is 0 Å². The minimum Gasteiger partial charge on any atom is -0.481 e. The second-order valence-corrected chi connectivity index (χ2v) is 36.0. The van der Waals surface area contributed by atoms with Crippen LogP contribution >= 0.6 is 11.6 Å². The predicted molar refractivity (Wildman–Crippen MR) is 504 cm³/mol. The van der Waals surface area contributed by atoms with Crippen molar-refractivity contribution in [3.05, 3.63) is 107 Å². The van der Waals surface area contributed by atoms with E-state index in [9.17, 15) is 91.6 Å². The number of aromatic amines is 1. The summed E-state index contributed by atoms with van der Waals surface area (Å²) in [6.07, 6.45) is 4.46. The molecule has 0 radical (unpaired) electrons. The number of unbranched alkanes of at least 4 members (excludes halogenated alkanes) is 3. The topological polar surface area (TPSA) is 680 Å². The number of benzene rings is 3. The maximum atomic E-state index is 15.1. The number of carboxylic acids is 2. The zero-order valence-electron chi connectivity index (χ0n) is 77.8. The van der Waals surface area contributed by atoms with Crippen molar-refractivity contribution in [2.24, 2.45) is 28.9 Å².